The number of ketones is 1. The molecule has 5 heteroatoms. The van der Waals surface area contributed by atoms with Crippen LogP contribution in [0.1, 0.15) is 25.7 Å². The molecule has 0 aliphatic heterocycles. The molecule has 1 atom stereocenters. The summed E-state index contributed by atoms with van der Waals surface area (Å²) in [6.45, 7) is 0. The van der Waals surface area contributed by atoms with Crippen LogP contribution in [-0.4, -0.2) is 16.7 Å². The van der Waals surface area contributed by atoms with Gasteiger partial charge in [-0.1, -0.05) is 0 Å². The van der Waals surface area contributed by atoms with Crippen LogP contribution >= 0.6 is 0 Å². The summed E-state index contributed by atoms with van der Waals surface area (Å²) in [4.78, 5) is 20.5. The van der Waals surface area contributed by atoms with Crippen LogP contribution in [-0.2, 0) is 4.79 Å². The summed E-state index contributed by atoms with van der Waals surface area (Å²) in [6, 6.07) is -0.895. The van der Waals surface area contributed by atoms with E-state index >= 15 is 0 Å². The summed E-state index contributed by atoms with van der Waals surface area (Å²) in [6.07, 6.45) is 2.47. The van der Waals surface area contributed by atoms with Crippen LogP contribution in [0.5, 0.6) is 0 Å². The van der Waals surface area contributed by atoms with Crippen molar-refractivity contribution >= 4 is 5.78 Å². The van der Waals surface area contributed by atoms with E-state index in [4.69, 9.17) is 0 Å². The fraction of sp³-hybridized carbons (Fsp3) is 0.833. The number of hydrogen-bond acceptors (Lipinski definition) is 3. The third kappa shape index (κ3) is 3.29. The van der Waals surface area contributed by atoms with Gasteiger partial charge in [0.15, 0.2) is 0 Å². The molecule has 0 bridgehead atoms. The van der Waals surface area contributed by atoms with E-state index in [-0.39, 0.29) is 57.2 Å². The van der Waals surface area contributed by atoms with Crippen LogP contribution in [0.4, 0.5) is 0 Å². The van der Waals surface area contributed by atoms with Crippen LogP contribution in [0.15, 0.2) is 0 Å². The van der Waals surface area contributed by atoms with Crippen molar-refractivity contribution in [3.05, 3.63) is 10.1 Å². The Morgan fingerprint density at radius 2 is 2.09 bits per heavy atom. The number of carbonyl (C=O) groups is 1. The Bertz CT molecular complexity index is 171. The van der Waals surface area contributed by atoms with Crippen LogP contribution in [0.25, 0.3) is 0 Å². The Labute approximate surface area is 107 Å². The van der Waals surface area contributed by atoms with E-state index in [0.717, 1.165) is 12.8 Å². The number of Topliss-reactive ketones (excluding diaryl/α,β-unsaturated/α-hetero) is 1. The van der Waals surface area contributed by atoms with Crippen molar-refractivity contribution in [2.75, 3.05) is 0 Å². The summed E-state index contributed by atoms with van der Waals surface area (Å²) < 4.78 is 0. The molecule has 1 fully saturated rings. The fourth-order valence-electron chi connectivity index (χ4n) is 1.19. The van der Waals surface area contributed by atoms with Gasteiger partial charge in [0.2, 0.25) is 5.78 Å². The zero-order valence-corrected chi connectivity index (χ0v) is 9.70. The largest absolute Gasteiger partial charge is 1.00 e. The number of nitrogens with zero attached hydrogens (tertiary/aromatic N) is 1. The van der Waals surface area contributed by atoms with Gasteiger partial charge in [0.05, 0.1) is 0 Å². The quantitative estimate of drug-likeness (QED) is 0.262. The molecule has 0 saturated heterocycles. The fourth-order valence-corrected chi connectivity index (χ4v) is 1.19. The van der Waals surface area contributed by atoms with Gasteiger partial charge in [-0.25, -0.2) is 0 Å². The predicted octanol–water partition coefficient (Wildman–Crippen LogP) is -2.22. The molecule has 0 aromatic carbocycles. The molecule has 0 heterocycles. The molecule has 1 unspecified atom stereocenters. The van der Waals surface area contributed by atoms with Crippen LogP contribution in [0.2, 0.25) is 0 Å². The van der Waals surface area contributed by atoms with Crippen molar-refractivity contribution in [1.82, 2.24) is 0 Å². The standard InChI is InChI=1S/C6H9NO3.K/c8-6-4-2-1-3-5(6)7(9)10;/h5H,1-4H2;/q;+1. The first kappa shape index (κ1) is 11.7. The van der Waals surface area contributed by atoms with Gasteiger partial charge in [-0.2, -0.15) is 0 Å². The third-order valence-electron chi connectivity index (χ3n) is 1.78. The van der Waals surface area contributed by atoms with Gasteiger partial charge in [0.25, 0.3) is 6.04 Å². The van der Waals surface area contributed by atoms with E-state index < -0.39 is 11.0 Å². The Hall–Kier alpha value is 0.706. The van der Waals surface area contributed by atoms with Crippen molar-refractivity contribution in [3.8, 4) is 0 Å². The van der Waals surface area contributed by atoms with E-state index in [0.29, 0.717) is 12.8 Å². The summed E-state index contributed by atoms with van der Waals surface area (Å²) >= 11 is 0. The first-order valence-corrected chi connectivity index (χ1v) is 3.38. The average Bonchev–Trinajstić information content (AvgIpc) is 1.88. The van der Waals surface area contributed by atoms with Crippen molar-refractivity contribution in [1.29, 1.82) is 0 Å². The van der Waals surface area contributed by atoms with Gasteiger partial charge in [-0.15, -0.1) is 0 Å². The van der Waals surface area contributed by atoms with E-state index in [9.17, 15) is 14.9 Å². The molecule has 0 aromatic rings. The van der Waals surface area contributed by atoms with Crippen LogP contribution < -0.4 is 51.4 Å². The van der Waals surface area contributed by atoms with Crippen molar-refractivity contribution in [3.63, 3.8) is 0 Å². The summed E-state index contributed by atoms with van der Waals surface area (Å²) in [7, 11) is 0. The minimum atomic E-state index is -0.895. The zero-order chi connectivity index (χ0) is 7.56. The molecule has 0 spiro atoms. The van der Waals surface area contributed by atoms with Gasteiger partial charge in [0.1, 0.15) is 0 Å². The topological polar surface area (TPSA) is 60.2 Å². The Morgan fingerprint density at radius 3 is 2.45 bits per heavy atom. The second-order valence-electron chi connectivity index (χ2n) is 2.51. The van der Waals surface area contributed by atoms with Crippen molar-refractivity contribution < 1.29 is 61.1 Å². The second kappa shape index (κ2) is 5.37. The van der Waals surface area contributed by atoms with Crippen LogP contribution in [0, 0.1) is 10.1 Å². The molecular weight excluding hydrogens is 173 g/mol. The molecule has 1 saturated carbocycles. The van der Waals surface area contributed by atoms with Gasteiger partial charge in [-0.3, -0.25) is 14.9 Å². The molecule has 0 amide bonds. The molecular formula is C6H9KNO3+. The molecule has 0 aromatic heterocycles. The molecule has 1 aliphatic rings. The monoisotopic (exact) mass is 182 g/mol. The molecule has 56 valence electrons. The minimum Gasteiger partial charge on any atom is -0.292 e. The first-order chi connectivity index (χ1) is 4.72. The van der Waals surface area contributed by atoms with Gasteiger partial charge >= 0.3 is 51.4 Å². The summed E-state index contributed by atoms with van der Waals surface area (Å²) in [5, 5.41) is 10.1. The van der Waals surface area contributed by atoms with E-state index in [1.165, 1.54) is 0 Å². The normalized spacial score (nSPS) is 24.0. The summed E-state index contributed by atoms with van der Waals surface area (Å²) in [5.41, 5.74) is 0. The molecule has 1 aliphatic carbocycles. The van der Waals surface area contributed by atoms with Crippen molar-refractivity contribution in [2.24, 2.45) is 0 Å². The number of rotatable bonds is 1. The molecule has 0 radical (unpaired) electrons. The molecule has 4 nitrogen and oxygen atoms in total. The van der Waals surface area contributed by atoms with Gasteiger partial charge in [-0.05, 0) is 12.8 Å². The molecule has 0 N–H and O–H groups in total. The van der Waals surface area contributed by atoms with E-state index in [2.05, 4.69) is 0 Å². The minimum absolute atomic E-state index is 0. The Kier molecular flexibility index (Phi) is 5.71. The Morgan fingerprint density at radius 1 is 1.45 bits per heavy atom. The van der Waals surface area contributed by atoms with E-state index in [1.54, 1.807) is 0 Å². The maximum absolute atomic E-state index is 10.8. The van der Waals surface area contributed by atoms with Gasteiger partial charge < -0.3 is 0 Å². The number of hydrogen-bond donors (Lipinski definition) is 0. The second-order valence-corrected chi connectivity index (χ2v) is 2.51. The maximum atomic E-state index is 10.8. The molecule has 11 heavy (non-hydrogen) atoms. The smallest absolute Gasteiger partial charge is 0.292 e. The Balaban J connectivity index is 0.000001000. The SMILES string of the molecule is O=C1CCCCC1[N+](=O)[O-].[K+]. The summed E-state index contributed by atoms with van der Waals surface area (Å²) in [5.74, 6) is -0.198. The number of carbonyl (C=O) groups excluding carboxylic acids is 1. The zero-order valence-electron chi connectivity index (χ0n) is 6.58. The van der Waals surface area contributed by atoms with Crippen molar-refractivity contribution in [2.45, 2.75) is 31.7 Å². The molecule has 1 rings (SSSR count). The first-order valence-electron chi connectivity index (χ1n) is 3.38. The third-order valence-corrected chi connectivity index (χ3v) is 1.78. The predicted molar refractivity (Wildman–Crippen MR) is 34.3 cm³/mol. The van der Waals surface area contributed by atoms with E-state index in [1.807, 2.05) is 0 Å². The van der Waals surface area contributed by atoms with Gasteiger partial charge in [0, 0.05) is 17.8 Å². The average molecular weight is 182 g/mol. The maximum Gasteiger partial charge on any atom is 1.00 e. The number of nitro groups is 1. The van der Waals surface area contributed by atoms with Crippen LogP contribution in [0.3, 0.4) is 0 Å².